The number of carbonyl (C=O) groups excluding carboxylic acids is 1. The molecule has 5 nitrogen and oxygen atoms in total. The van der Waals surface area contributed by atoms with E-state index in [0.717, 1.165) is 39.9 Å². The molecule has 0 aliphatic heterocycles. The zero-order valence-corrected chi connectivity index (χ0v) is 15.5. The minimum Gasteiger partial charge on any atom is -0.350 e. The van der Waals surface area contributed by atoms with Crippen LogP contribution in [0, 0.1) is 18.6 Å². The van der Waals surface area contributed by atoms with Gasteiger partial charge < -0.3 is 5.32 Å². The lowest BCUT2D eigenvalue weighted by Gasteiger charge is -2.28. The predicted molar refractivity (Wildman–Crippen MR) is 96.2 cm³/mol. The van der Waals surface area contributed by atoms with E-state index in [1.54, 1.807) is 0 Å². The number of nitrogens with zero attached hydrogens (tertiary/aromatic N) is 1. The Bertz CT molecular complexity index is 916. The van der Waals surface area contributed by atoms with Gasteiger partial charge in [0.1, 0.15) is 6.04 Å². The summed E-state index contributed by atoms with van der Waals surface area (Å²) < 4.78 is 51.7. The Morgan fingerprint density at radius 1 is 1.15 bits per heavy atom. The second-order valence-electron chi connectivity index (χ2n) is 5.98. The molecule has 2 rings (SSSR count). The van der Waals surface area contributed by atoms with Crippen molar-refractivity contribution in [3.63, 3.8) is 0 Å². The van der Waals surface area contributed by atoms with E-state index >= 15 is 0 Å². The first-order chi connectivity index (χ1) is 12.1. The molecular weight excluding hydrogens is 362 g/mol. The van der Waals surface area contributed by atoms with Crippen LogP contribution in [0.4, 0.5) is 14.5 Å². The number of nitrogens with one attached hydrogen (secondary N) is 1. The van der Waals surface area contributed by atoms with Crippen molar-refractivity contribution in [2.75, 3.05) is 10.6 Å². The summed E-state index contributed by atoms with van der Waals surface area (Å²) in [6, 6.07) is 9.00. The molecule has 0 heterocycles. The van der Waals surface area contributed by atoms with Crippen LogP contribution >= 0.6 is 0 Å². The van der Waals surface area contributed by atoms with Crippen LogP contribution < -0.4 is 9.62 Å². The Kier molecular flexibility index (Phi) is 5.97. The van der Waals surface area contributed by atoms with E-state index in [9.17, 15) is 22.0 Å². The van der Waals surface area contributed by atoms with Crippen molar-refractivity contribution >= 4 is 21.6 Å². The van der Waals surface area contributed by atoms with Gasteiger partial charge in [-0.2, -0.15) is 0 Å². The lowest BCUT2D eigenvalue weighted by molar-refractivity contribution is -0.122. The summed E-state index contributed by atoms with van der Waals surface area (Å²) in [7, 11) is -3.90. The lowest BCUT2D eigenvalue weighted by atomic mass is 10.1. The molecule has 2 aromatic rings. The molecule has 0 bridgehead atoms. The molecule has 140 valence electrons. The fourth-order valence-corrected chi connectivity index (χ4v) is 3.74. The summed E-state index contributed by atoms with van der Waals surface area (Å²) in [4.78, 5) is 12.5. The van der Waals surface area contributed by atoms with Crippen LogP contribution in [0.5, 0.6) is 0 Å². The molecule has 0 spiro atoms. The van der Waals surface area contributed by atoms with Gasteiger partial charge in [0.15, 0.2) is 11.6 Å². The van der Waals surface area contributed by atoms with Gasteiger partial charge in [0.2, 0.25) is 15.9 Å². The van der Waals surface area contributed by atoms with Gasteiger partial charge in [-0.1, -0.05) is 24.3 Å². The maximum atomic E-state index is 13.5. The molecule has 1 amide bonds. The molecule has 8 heteroatoms. The maximum Gasteiger partial charge on any atom is 0.243 e. The minimum absolute atomic E-state index is 0.120. The molecule has 0 aromatic heterocycles. The molecule has 0 fully saturated rings. The monoisotopic (exact) mass is 382 g/mol. The van der Waals surface area contributed by atoms with E-state index in [1.165, 1.54) is 6.92 Å². The summed E-state index contributed by atoms with van der Waals surface area (Å²) in [5.74, 6) is -2.84. The summed E-state index contributed by atoms with van der Waals surface area (Å²) in [6.07, 6.45) is 0.902. The van der Waals surface area contributed by atoms with Gasteiger partial charge in [0.25, 0.3) is 0 Å². The van der Waals surface area contributed by atoms with Crippen LogP contribution in [0.15, 0.2) is 42.5 Å². The Morgan fingerprint density at radius 2 is 1.81 bits per heavy atom. The van der Waals surface area contributed by atoms with E-state index in [2.05, 4.69) is 5.32 Å². The van der Waals surface area contributed by atoms with Crippen LogP contribution in [-0.2, 0) is 21.4 Å². The highest BCUT2D eigenvalue weighted by molar-refractivity contribution is 7.92. The Balaban J connectivity index is 2.23. The maximum absolute atomic E-state index is 13.5. The van der Waals surface area contributed by atoms with Crippen LogP contribution in [0.3, 0.4) is 0 Å². The normalized spacial score (nSPS) is 12.5. The zero-order valence-electron chi connectivity index (χ0n) is 14.7. The van der Waals surface area contributed by atoms with Gasteiger partial charge >= 0.3 is 0 Å². The number of hydrogen-bond donors (Lipinski definition) is 1. The van der Waals surface area contributed by atoms with Crippen molar-refractivity contribution < 1.29 is 22.0 Å². The standard InChI is InChI=1S/C18H20F2N2O3S/c1-12-6-4-5-7-14(12)11-21-18(23)13(2)22(26(3,24)25)15-8-9-16(19)17(20)10-15/h4-10,13H,11H2,1-3H3,(H,21,23). The van der Waals surface area contributed by atoms with Crippen molar-refractivity contribution in [2.24, 2.45) is 0 Å². The minimum atomic E-state index is -3.90. The first kappa shape index (κ1) is 19.8. The molecule has 1 unspecified atom stereocenters. The van der Waals surface area contributed by atoms with Crippen LogP contribution in [0.25, 0.3) is 0 Å². The van der Waals surface area contributed by atoms with Crippen LogP contribution in [0.2, 0.25) is 0 Å². The highest BCUT2D eigenvalue weighted by Crippen LogP contribution is 2.23. The molecule has 0 saturated heterocycles. The van der Waals surface area contributed by atoms with E-state index in [4.69, 9.17) is 0 Å². The Hall–Kier alpha value is -2.48. The van der Waals surface area contributed by atoms with Gasteiger partial charge in [0, 0.05) is 12.6 Å². The SMILES string of the molecule is Cc1ccccc1CNC(=O)C(C)N(c1ccc(F)c(F)c1)S(C)(=O)=O. The topological polar surface area (TPSA) is 66.5 Å². The van der Waals surface area contributed by atoms with Crippen LogP contribution in [0.1, 0.15) is 18.1 Å². The van der Waals surface area contributed by atoms with Crippen molar-refractivity contribution in [3.05, 3.63) is 65.2 Å². The van der Waals surface area contributed by atoms with E-state index in [-0.39, 0.29) is 12.2 Å². The predicted octanol–water partition coefficient (Wildman–Crippen LogP) is 2.74. The zero-order chi connectivity index (χ0) is 19.5. The van der Waals surface area contributed by atoms with E-state index in [0.29, 0.717) is 0 Å². The second-order valence-corrected chi connectivity index (χ2v) is 7.84. The summed E-state index contributed by atoms with van der Waals surface area (Å²) >= 11 is 0. The number of halogens is 2. The van der Waals surface area contributed by atoms with Crippen molar-refractivity contribution in [1.29, 1.82) is 0 Å². The fraction of sp³-hybridized carbons (Fsp3) is 0.278. The highest BCUT2D eigenvalue weighted by Gasteiger charge is 2.29. The van der Waals surface area contributed by atoms with Gasteiger partial charge in [-0.05, 0) is 37.1 Å². The Labute approximate surface area is 151 Å². The quantitative estimate of drug-likeness (QED) is 0.835. The van der Waals surface area contributed by atoms with E-state index in [1.807, 2.05) is 31.2 Å². The number of sulfonamides is 1. The van der Waals surface area contributed by atoms with Crippen LogP contribution in [-0.4, -0.2) is 26.6 Å². The molecule has 2 aromatic carbocycles. The van der Waals surface area contributed by atoms with Gasteiger partial charge in [-0.25, -0.2) is 17.2 Å². The average molecular weight is 382 g/mol. The number of amides is 1. The second kappa shape index (κ2) is 7.82. The number of benzene rings is 2. The number of carbonyl (C=O) groups is 1. The summed E-state index contributed by atoms with van der Waals surface area (Å²) in [5, 5.41) is 2.68. The largest absolute Gasteiger partial charge is 0.350 e. The molecule has 1 atom stereocenters. The van der Waals surface area contributed by atoms with Gasteiger partial charge in [-0.3, -0.25) is 9.10 Å². The number of anilines is 1. The van der Waals surface area contributed by atoms with Gasteiger partial charge in [0.05, 0.1) is 11.9 Å². The number of hydrogen-bond acceptors (Lipinski definition) is 3. The third-order valence-corrected chi connectivity index (χ3v) is 5.20. The smallest absolute Gasteiger partial charge is 0.243 e. The summed E-state index contributed by atoms with van der Waals surface area (Å²) in [6.45, 7) is 3.51. The first-order valence-electron chi connectivity index (χ1n) is 7.88. The third kappa shape index (κ3) is 4.57. The highest BCUT2D eigenvalue weighted by atomic mass is 32.2. The lowest BCUT2D eigenvalue weighted by Crippen LogP contribution is -2.47. The van der Waals surface area contributed by atoms with E-state index < -0.39 is 33.6 Å². The fourth-order valence-electron chi connectivity index (χ4n) is 2.57. The molecule has 0 aliphatic rings. The number of aryl methyl sites for hydroxylation is 1. The van der Waals surface area contributed by atoms with Crippen molar-refractivity contribution in [3.8, 4) is 0 Å². The number of rotatable bonds is 6. The third-order valence-electron chi connectivity index (χ3n) is 3.96. The Morgan fingerprint density at radius 3 is 2.38 bits per heavy atom. The molecule has 0 saturated carbocycles. The molecule has 1 N–H and O–H groups in total. The summed E-state index contributed by atoms with van der Waals surface area (Å²) in [5.41, 5.74) is 1.76. The molecular formula is C18H20F2N2O3S. The van der Waals surface area contributed by atoms with Crippen molar-refractivity contribution in [2.45, 2.75) is 26.4 Å². The average Bonchev–Trinajstić information content (AvgIpc) is 2.56. The first-order valence-corrected chi connectivity index (χ1v) is 9.72. The molecule has 0 radical (unpaired) electrons. The molecule has 0 aliphatic carbocycles. The van der Waals surface area contributed by atoms with Gasteiger partial charge in [-0.15, -0.1) is 0 Å². The molecule has 26 heavy (non-hydrogen) atoms. The van der Waals surface area contributed by atoms with Crippen molar-refractivity contribution in [1.82, 2.24) is 5.32 Å².